The van der Waals surface area contributed by atoms with Crippen LogP contribution in [0.25, 0.3) is 0 Å². The second-order valence-corrected chi connectivity index (χ2v) is 4.73. The van der Waals surface area contributed by atoms with Crippen molar-refractivity contribution in [1.82, 2.24) is 4.90 Å². The number of ether oxygens (including phenoxy) is 1. The van der Waals surface area contributed by atoms with Crippen LogP contribution in [-0.4, -0.2) is 31.0 Å². The van der Waals surface area contributed by atoms with Crippen LogP contribution in [0.5, 0.6) is 5.75 Å². The summed E-state index contributed by atoms with van der Waals surface area (Å²) in [7, 11) is 1.67. The minimum absolute atomic E-state index is 0.158. The lowest BCUT2D eigenvalue weighted by atomic mass is 9.90. The van der Waals surface area contributed by atoms with Gasteiger partial charge in [0.1, 0.15) is 5.75 Å². The topological polar surface area (TPSA) is 29.5 Å². The quantitative estimate of drug-likeness (QED) is 0.821. The maximum absolute atomic E-state index is 12.4. The lowest BCUT2D eigenvalue weighted by Gasteiger charge is -2.18. The molecule has 18 heavy (non-hydrogen) atoms. The summed E-state index contributed by atoms with van der Waals surface area (Å²) in [6, 6.07) is 5.82. The van der Waals surface area contributed by atoms with Crippen molar-refractivity contribution >= 4 is 5.91 Å². The van der Waals surface area contributed by atoms with Crippen LogP contribution in [0.15, 0.2) is 18.2 Å². The van der Waals surface area contributed by atoms with Crippen LogP contribution in [0.3, 0.4) is 0 Å². The zero-order valence-electron chi connectivity index (χ0n) is 11.4. The molecular formula is C15H21NO2. The summed E-state index contributed by atoms with van der Waals surface area (Å²) >= 11 is 0. The van der Waals surface area contributed by atoms with Crippen LogP contribution < -0.4 is 4.74 Å². The molecule has 1 unspecified atom stereocenters. The van der Waals surface area contributed by atoms with Crippen molar-refractivity contribution in [3.8, 4) is 5.75 Å². The van der Waals surface area contributed by atoms with Gasteiger partial charge in [0, 0.05) is 18.7 Å². The fourth-order valence-electron chi connectivity index (χ4n) is 2.67. The monoisotopic (exact) mass is 247 g/mol. The fourth-order valence-corrected chi connectivity index (χ4v) is 2.67. The summed E-state index contributed by atoms with van der Waals surface area (Å²) < 4.78 is 5.28. The van der Waals surface area contributed by atoms with E-state index >= 15 is 0 Å². The van der Waals surface area contributed by atoms with E-state index < -0.39 is 0 Å². The Balaban J connectivity index is 2.48. The molecular weight excluding hydrogens is 226 g/mol. The van der Waals surface area contributed by atoms with E-state index in [0.717, 1.165) is 42.8 Å². The molecule has 0 spiro atoms. The van der Waals surface area contributed by atoms with E-state index in [2.05, 4.69) is 6.92 Å². The van der Waals surface area contributed by atoms with Crippen LogP contribution in [0.4, 0.5) is 0 Å². The predicted octanol–water partition coefficient (Wildman–Crippen LogP) is 3.05. The number of fused-ring (bicyclic) bond motifs is 1. The molecule has 98 valence electrons. The SMILES string of the molecule is CCC1CCN(CC)C(=O)c2ccc(OC)cc21. The summed E-state index contributed by atoms with van der Waals surface area (Å²) in [5.41, 5.74) is 2.00. The Morgan fingerprint density at radius 2 is 2.17 bits per heavy atom. The first-order valence-electron chi connectivity index (χ1n) is 6.68. The van der Waals surface area contributed by atoms with Crippen molar-refractivity contribution in [2.75, 3.05) is 20.2 Å². The van der Waals surface area contributed by atoms with Crippen molar-refractivity contribution in [2.45, 2.75) is 32.6 Å². The van der Waals surface area contributed by atoms with Gasteiger partial charge in [-0.25, -0.2) is 0 Å². The molecule has 3 nitrogen and oxygen atoms in total. The van der Waals surface area contributed by atoms with Gasteiger partial charge in [-0.05, 0) is 49.4 Å². The van der Waals surface area contributed by atoms with Crippen molar-refractivity contribution < 1.29 is 9.53 Å². The molecule has 0 saturated heterocycles. The Kier molecular flexibility index (Phi) is 3.90. The standard InChI is InChI=1S/C15H21NO2/c1-4-11-8-9-16(5-2)15(17)13-7-6-12(18-3)10-14(11)13/h6-7,10-11H,4-5,8-9H2,1-3H3. The fraction of sp³-hybridized carbons (Fsp3) is 0.533. The molecule has 1 heterocycles. The zero-order chi connectivity index (χ0) is 13.1. The van der Waals surface area contributed by atoms with E-state index in [9.17, 15) is 4.79 Å². The molecule has 0 aromatic heterocycles. The Morgan fingerprint density at radius 3 is 2.78 bits per heavy atom. The molecule has 3 heteroatoms. The van der Waals surface area contributed by atoms with Crippen LogP contribution in [0, 0.1) is 0 Å². The number of rotatable bonds is 3. The van der Waals surface area contributed by atoms with E-state index in [4.69, 9.17) is 4.74 Å². The molecule has 1 aromatic rings. The minimum Gasteiger partial charge on any atom is -0.497 e. The third-order valence-electron chi connectivity index (χ3n) is 3.84. The van der Waals surface area contributed by atoms with Gasteiger partial charge in [-0.3, -0.25) is 4.79 Å². The van der Waals surface area contributed by atoms with Gasteiger partial charge in [0.2, 0.25) is 0 Å². The molecule has 1 aliphatic heterocycles. The Morgan fingerprint density at radius 1 is 1.39 bits per heavy atom. The molecule has 0 N–H and O–H groups in total. The van der Waals surface area contributed by atoms with Gasteiger partial charge in [-0.15, -0.1) is 0 Å². The summed E-state index contributed by atoms with van der Waals surface area (Å²) in [5, 5.41) is 0. The number of amides is 1. The Hall–Kier alpha value is -1.51. The van der Waals surface area contributed by atoms with Gasteiger partial charge in [0.25, 0.3) is 5.91 Å². The van der Waals surface area contributed by atoms with Crippen LogP contribution >= 0.6 is 0 Å². The minimum atomic E-state index is 0.158. The summed E-state index contributed by atoms with van der Waals surface area (Å²) in [6.45, 7) is 5.85. The average molecular weight is 247 g/mol. The van der Waals surface area contributed by atoms with Crippen molar-refractivity contribution in [3.05, 3.63) is 29.3 Å². The molecule has 1 aliphatic rings. The average Bonchev–Trinajstić information content (AvgIpc) is 2.55. The van der Waals surface area contributed by atoms with E-state index in [0.29, 0.717) is 5.92 Å². The highest BCUT2D eigenvalue weighted by molar-refractivity contribution is 5.96. The lowest BCUT2D eigenvalue weighted by molar-refractivity contribution is 0.0768. The van der Waals surface area contributed by atoms with Crippen molar-refractivity contribution in [2.24, 2.45) is 0 Å². The van der Waals surface area contributed by atoms with Crippen molar-refractivity contribution in [1.29, 1.82) is 0 Å². The number of nitrogens with zero attached hydrogens (tertiary/aromatic N) is 1. The maximum Gasteiger partial charge on any atom is 0.254 e. The summed E-state index contributed by atoms with van der Waals surface area (Å²) in [4.78, 5) is 14.3. The van der Waals surface area contributed by atoms with Crippen molar-refractivity contribution in [3.63, 3.8) is 0 Å². The number of hydrogen-bond donors (Lipinski definition) is 0. The third-order valence-corrected chi connectivity index (χ3v) is 3.84. The first-order valence-corrected chi connectivity index (χ1v) is 6.68. The molecule has 0 bridgehead atoms. The van der Waals surface area contributed by atoms with E-state index in [1.54, 1.807) is 7.11 Å². The molecule has 0 fully saturated rings. The highest BCUT2D eigenvalue weighted by Gasteiger charge is 2.26. The van der Waals surface area contributed by atoms with Crippen LogP contribution in [-0.2, 0) is 0 Å². The molecule has 1 aromatic carbocycles. The number of carbonyl (C=O) groups is 1. The summed E-state index contributed by atoms with van der Waals surface area (Å²) in [5.74, 6) is 1.45. The number of carbonyl (C=O) groups excluding carboxylic acids is 1. The van der Waals surface area contributed by atoms with Gasteiger partial charge >= 0.3 is 0 Å². The van der Waals surface area contributed by atoms with E-state index in [-0.39, 0.29) is 5.91 Å². The zero-order valence-corrected chi connectivity index (χ0v) is 11.4. The van der Waals surface area contributed by atoms with Gasteiger partial charge in [-0.1, -0.05) is 6.92 Å². The number of methoxy groups -OCH3 is 1. The van der Waals surface area contributed by atoms with Gasteiger partial charge in [0.15, 0.2) is 0 Å². The molecule has 0 aliphatic carbocycles. The Labute approximate surface area is 109 Å². The number of benzene rings is 1. The van der Waals surface area contributed by atoms with Crippen LogP contribution in [0.1, 0.15) is 48.5 Å². The van der Waals surface area contributed by atoms with E-state index in [1.807, 2.05) is 30.0 Å². The normalized spacial score (nSPS) is 19.4. The third kappa shape index (κ3) is 2.22. The lowest BCUT2D eigenvalue weighted by Crippen LogP contribution is -2.30. The number of hydrogen-bond acceptors (Lipinski definition) is 2. The first-order chi connectivity index (χ1) is 8.71. The second kappa shape index (κ2) is 5.42. The molecule has 0 saturated carbocycles. The maximum atomic E-state index is 12.4. The predicted molar refractivity (Wildman–Crippen MR) is 72.2 cm³/mol. The first kappa shape index (κ1) is 12.9. The van der Waals surface area contributed by atoms with Gasteiger partial charge < -0.3 is 9.64 Å². The van der Waals surface area contributed by atoms with Crippen LogP contribution in [0.2, 0.25) is 0 Å². The highest BCUT2D eigenvalue weighted by Crippen LogP contribution is 2.33. The smallest absolute Gasteiger partial charge is 0.254 e. The van der Waals surface area contributed by atoms with Gasteiger partial charge in [0.05, 0.1) is 7.11 Å². The molecule has 2 rings (SSSR count). The highest BCUT2D eigenvalue weighted by atomic mass is 16.5. The molecule has 1 amide bonds. The van der Waals surface area contributed by atoms with Gasteiger partial charge in [-0.2, -0.15) is 0 Å². The summed E-state index contributed by atoms with van der Waals surface area (Å²) in [6.07, 6.45) is 2.10. The van der Waals surface area contributed by atoms with E-state index in [1.165, 1.54) is 0 Å². The molecule has 1 atom stereocenters. The largest absolute Gasteiger partial charge is 0.497 e. The second-order valence-electron chi connectivity index (χ2n) is 4.73. The Bertz CT molecular complexity index is 442. The molecule has 0 radical (unpaired) electrons.